The van der Waals surface area contributed by atoms with Crippen molar-refractivity contribution in [2.75, 3.05) is 12.3 Å². The number of imidazole rings is 1. The highest BCUT2D eigenvalue weighted by atomic mass is 16.6. The van der Waals surface area contributed by atoms with Crippen molar-refractivity contribution in [2.45, 2.75) is 76.9 Å². The maximum absolute atomic E-state index is 10.6. The Balaban J connectivity index is 2.11. The van der Waals surface area contributed by atoms with E-state index in [2.05, 4.69) is 52.5 Å². The van der Waals surface area contributed by atoms with Crippen molar-refractivity contribution < 1.29 is 20.1 Å². The lowest BCUT2D eigenvalue weighted by molar-refractivity contribution is -0.0514. The lowest BCUT2D eigenvalue weighted by Gasteiger charge is -2.17. The normalized spacial score (nSPS) is 22.7. The number of hydrogen-bond donors (Lipinski definition) is 4. The summed E-state index contributed by atoms with van der Waals surface area (Å²) in [5.41, 5.74) is 6.75. The first-order valence-electron chi connectivity index (χ1n) is 10.7. The molecule has 2 aromatic heterocycles. The Kier molecular flexibility index (Phi) is 7.83. The third-order valence-corrected chi connectivity index (χ3v) is 5.05. The van der Waals surface area contributed by atoms with Crippen LogP contribution in [0, 0.1) is 23.7 Å². The lowest BCUT2D eigenvalue weighted by Crippen LogP contribution is -2.33. The summed E-state index contributed by atoms with van der Waals surface area (Å²) in [6.45, 7) is 3.73. The Hall–Kier alpha value is -2.69. The van der Waals surface area contributed by atoms with Crippen LogP contribution in [0.3, 0.4) is 0 Å². The molecule has 0 bridgehead atoms. The van der Waals surface area contributed by atoms with E-state index in [1.54, 1.807) is 0 Å². The number of nitrogen functional groups attached to an aromatic ring is 1. The molecule has 0 aliphatic carbocycles. The van der Waals surface area contributed by atoms with Gasteiger partial charge in [-0.3, -0.25) is 4.57 Å². The Morgan fingerprint density at radius 2 is 1.68 bits per heavy atom. The molecule has 9 heteroatoms. The van der Waals surface area contributed by atoms with Gasteiger partial charge in [0, 0.05) is 12.8 Å². The van der Waals surface area contributed by atoms with Gasteiger partial charge in [-0.25, -0.2) is 15.0 Å². The topological polar surface area (TPSA) is 140 Å². The van der Waals surface area contributed by atoms with E-state index in [0.29, 0.717) is 17.6 Å². The molecular formula is C22H29N5O4. The number of hydrogen-bond acceptors (Lipinski definition) is 8. The van der Waals surface area contributed by atoms with Gasteiger partial charge in [0.05, 0.1) is 6.61 Å². The van der Waals surface area contributed by atoms with Gasteiger partial charge >= 0.3 is 0 Å². The van der Waals surface area contributed by atoms with Gasteiger partial charge in [0.15, 0.2) is 29.0 Å². The van der Waals surface area contributed by atoms with Crippen LogP contribution < -0.4 is 5.73 Å². The monoisotopic (exact) mass is 427 g/mol. The standard InChI is InChI=1S/C22H29N5O4/c1-3-5-7-9-11-15-24-20(23)17-21(25-15)27(16(26-17)12-10-8-6-4-2)22-19(30)18(29)14(13-28)31-22/h14,18-19,22,28-30H,3-8,13H2,1-2H3,(H2,23,24,25)/t14-,18-,19-,22-/m1/s1. The predicted octanol–water partition coefficient (Wildman–Crippen LogP) is 1.10. The van der Waals surface area contributed by atoms with Crippen molar-refractivity contribution in [3.63, 3.8) is 0 Å². The summed E-state index contributed by atoms with van der Waals surface area (Å²) in [5, 5.41) is 30.3. The molecule has 1 fully saturated rings. The second kappa shape index (κ2) is 10.6. The van der Waals surface area contributed by atoms with Crippen molar-refractivity contribution >= 4 is 17.0 Å². The van der Waals surface area contributed by atoms with E-state index in [1.165, 1.54) is 4.57 Å². The van der Waals surface area contributed by atoms with Crippen LogP contribution in [0.25, 0.3) is 11.2 Å². The van der Waals surface area contributed by atoms with E-state index < -0.39 is 31.1 Å². The van der Waals surface area contributed by atoms with Crippen LogP contribution in [0.1, 0.15) is 70.2 Å². The zero-order valence-corrected chi connectivity index (χ0v) is 17.9. The Bertz CT molecular complexity index is 1030. The van der Waals surface area contributed by atoms with Gasteiger partial charge < -0.3 is 25.8 Å². The fourth-order valence-corrected chi connectivity index (χ4v) is 3.29. The van der Waals surface area contributed by atoms with Gasteiger partial charge in [-0.2, -0.15) is 0 Å². The Morgan fingerprint density at radius 1 is 1.00 bits per heavy atom. The van der Waals surface area contributed by atoms with Gasteiger partial charge in [0.2, 0.25) is 5.82 Å². The van der Waals surface area contributed by atoms with E-state index in [0.717, 1.165) is 32.1 Å². The minimum atomic E-state index is -1.30. The first kappa shape index (κ1) is 23.0. The van der Waals surface area contributed by atoms with Crippen LogP contribution in [0.5, 0.6) is 0 Å². The molecule has 3 rings (SSSR count). The Morgan fingerprint density at radius 3 is 2.29 bits per heavy atom. The highest BCUT2D eigenvalue weighted by Gasteiger charge is 2.45. The SMILES string of the molecule is CCCCC#Cc1nc(N)c2nc(C#CCCCC)n([C@@H]3O[C@H](CO)[C@@H](O)[C@H]3O)c2n1. The molecule has 3 heterocycles. The fourth-order valence-electron chi connectivity index (χ4n) is 3.29. The van der Waals surface area contributed by atoms with E-state index in [4.69, 9.17) is 10.5 Å². The summed E-state index contributed by atoms with van der Waals surface area (Å²) in [5.74, 6) is 12.7. The molecule has 9 nitrogen and oxygen atoms in total. The molecular weight excluding hydrogens is 398 g/mol. The molecule has 1 saturated heterocycles. The van der Waals surface area contributed by atoms with Gasteiger partial charge in [-0.05, 0) is 24.7 Å². The first-order valence-corrected chi connectivity index (χ1v) is 10.7. The number of aliphatic hydroxyl groups excluding tert-OH is 3. The molecule has 2 aromatic rings. The summed E-state index contributed by atoms with van der Waals surface area (Å²) < 4.78 is 7.22. The molecule has 31 heavy (non-hydrogen) atoms. The van der Waals surface area contributed by atoms with Crippen LogP contribution in [0.2, 0.25) is 0 Å². The number of nitrogens with zero attached hydrogens (tertiary/aromatic N) is 4. The second-order valence-corrected chi connectivity index (χ2v) is 7.45. The number of unbranched alkanes of at least 4 members (excludes halogenated alkanes) is 4. The minimum Gasteiger partial charge on any atom is -0.394 e. The van der Waals surface area contributed by atoms with Gasteiger partial charge in [0.25, 0.3) is 0 Å². The summed E-state index contributed by atoms with van der Waals surface area (Å²) >= 11 is 0. The fraction of sp³-hybridized carbons (Fsp3) is 0.591. The number of aliphatic hydroxyl groups is 3. The Labute approximate surface area is 181 Å². The first-order chi connectivity index (χ1) is 15.0. The summed E-state index contributed by atoms with van der Waals surface area (Å²) in [6.07, 6.45) is 0.831. The van der Waals surface area contributed by atoms with Crippen molar-refractivity contribution in [3.05, 3.63) is 11.6 Å². The van der Waals surface area contributed by atoms with E-state index in [1.807, 2.05) is 0 Å². The number of nitrogens with two attached hydrogens (primary N) is 1. The predicted molar refractivity (Wildman–Crippen MR) is 116 cm³/mol. The molecule has 4 atom stereocenters. The number of aromatic nitrogens is 4. The van der Waals surface area contributed by atoms with E-state index >= 15 is 0 Å². The average Bonchev–Trinajstić information content (AvgIpc) is 3.26. The zero-order valence-electron chi connectivity index (χ0n) is 17.9. The van der Waals surface area contributed by atoms with Crippen molar-refractivity contribution in [2.24, 2.45) is 0 Å². The molecule has 5 N–H and O–H groups in total. The quantitative estimate of drug-likeness (QED) is 0.397. The summed E-state index contributed by atoms with van der Waals surface area (Å²) in [7, 11) is 0. The lowest BCUT2D eigenvalue weighted by atomic mass is 10.1. The smallest absolute Gasteiger partial charge is 0.208 e. The van der Waals surface area contributed by atoms with Gasteiger partial charge in [-0.1, -0.05) is 38.5 Å². The zero-order chi connectivity index (χ0) is 22.4. The number of rotatable bonds is 6. The largest absolute Gasteiger partial charge is 0.394 e. The van der Waals surface area contributed by atoms with Gasteiger partial charge in [-0.15, -0.1) is 0 Å². The maximum atomic E-state index is 10.6. The minimum absolute atomic E-state index is 0.145. The molecule has 0 saturated carbocycles. The third kappa shape index (κ3) is 4.97. The van der Waals surface area contributed by atoms with Crippen LogP contribution in [-0.2, 0) is 4.74 Å². The highest BCUT2D eigenvalue weighted by molar-refractivity contribution is 5.83. The second-order valence-electron chi connectivity index (χ2n) is 7.45. The summed E-state index contributed by atoms with van der Waals surface area (Å²) in [6, 6.07) is 0. The van der Waals surface area contributed by atoms with Crippen LogP contribution in [-0.4, -0.2) is 59.8 Å². The number of ether oxygens (including phenoxy) is 1. The highest BCUT2D eigenvalue weighted by Crippen LogP contribution is 2.33. The van der Waals surface area contributed by atoms with Gasteiger partial charge in [0.1, 0.15) is 18.3 Å². The van der Waals surface area contributed by atoms with Crippen molar-refractivity contribution in [1.82, 2.24) is 19.5 Å². The molecule has 166 valence electrons. The number of anilines is 1. The molecule has 1 aliphatic rings. The van der Waals surface area contributed by atoms with Crippen molar-refractivity contribution in [3.8, 4) is 23.7 Å². The molecule has 0 amide bonds. The molecule has 0 spiro atoms. The molecule has 0 radical (unpaired) electrons. The molecule has 0 unspecified atom stereocenters. The summed E-state index contributed by atoms with van der Waals surface area (Å²) in [4.78, 5) is 13.2. The van der Waals surface area contributed by atoms with Crippen LogP contribution >= 0.6 is 0 Å². The molecule has 1 aliphatic heterocycles. The van der Waals surface area contributed by atoms with E-state index in [-0.39, 0.29) is 17.5 Å². The maximum Gasteiger partial charge on any atom is 0.208 e. The van der Waals surface area contributed by atoms with Crippen LogP contribution in [0.15, 0.2) is 0 Å². The number of fused-ring (bicyclic) bond motifs is 1. The average molecular weight is 428 g/mol. The molecule has 0 aromatic carbocycles. The third-order valence-electron chi connectivity index (χ3n) is 5.05. The van der Waals surface area contributed by atoms with Crippen molar-refractivity contribution in [1.29, 1.82) is 0 Å². The van der Waals surface area contributed by atoms with E-state index in [9.17, 15) is 15.3 Å². The van der Waals surface area contributed by atoms with Crippen LogP contribution in [0.4, 0.5) is 5.82 Å².